The number of aliphatic carboxylic acids is 1. The van der Waals surface area contributed by atoms with Crippen molar-refractivity contribution in [3.05, 3.63) is 60.2 Å². The Balaban J connectivity index is 2.05. The molecule has 1 aromatic carbocycles. The van der Waals surface area contributed by atoms with Crippen molar-refractivity contribution in [3.8, 4) is 17.0 Å². The Hall–Kier alpha value is -3.53. The van der Waals surface area contributed by atoms with Crippen LogP contribution < -0.4 is 9.46 Å². The number of ether oxygens (including phenoxy) is 1. The molecule has 0 bridgehead atoms. The molecule has 2 aromatic heterocycles. The van der Waals surface area contributed by atoms with Gasteiger partial charge < -0.3 is 9.84 Å². The molecule has 0 saturated heterocycles. The van der Waals surface area contributed by atoms with Crippen molar-refractivity contribution < 1.29 is 23.1 Å². The molecule has 9 nitrogen and oxygen atoms in total. The van der Waals surface area contributed by atoms with Crippen LogP contribution in [-0.4, -0.2) is 41.6 Å². The third-order valence-corrected chi connectivity index (χ3v) is 5.64. The fourth-order valence-electron chi connectivity index (χ4n) is 2.91. The number of sulfonamides is 1. The van der Waals surface area contributed by atoms with Gasteiger partial charge in [0.1, 0.15) is 4.90 Å². The predicted octanol–water partition coefficient (Wildman–Crippen LogP) is 2.67. The number of carboxylic acids is 1. The SMILES string of the molecule is COc1nc(C)cnc1NS(=O)(=O)c1cnccc1-c1ccccc1CCC(=O)O. The molecule has 3 aromatic rings. The van der Waals surface area contributed by atoms with Crippen LogP contribution in [0, 0.1) is 6.92 Å². The van der Waals surface area contributed by atoms with Gasteiger partial charge in [0.05, 0.1) is 19.0 Å². The number of aryl methyl sites for hydroxylation is 2. The minimum absolute atomic E-state index is 0.0444. The van der Waals surface area contributed by atoms with Crippen LogP contribution in [0.25, 0.3) is 11.1 Å². The number of pyridine rings is 1. The number of nitrogens with one attached hydrogen (secondary N) is 1. The van der Waals surface area contributed by atoms with Crippen LogP contribution in [-0.2, 0) is 21.2 Å². The van der Waals surface area contributed by atoms with Crippen LogP contribution in [0.5, 0.6) is 5.88 Å². The summed E-state index contributed by atoms with van der Waals surface area (Å²) in [6.07, 6.45) is 4.33. The Morgan fingerprint density at radius 3 is 2.67 bits per heavy atom. The fourth-order valence-corrected chi connectivity index (χ4v) is 4.08. The van der Waals surface area contributed by atoms with E-state index in [2.05, 4.69) is 19.7 Å². The number of methoxy groups -OCH3 is 1. The average Bonchev–Trinajstić information content (AvgIpc) is 2.73. The number of rotatable bonds is 8. The van der Waals surface area contributed by atoms with Gasteiger partial charge >= 0.3 is 5.97 Å². The molecule has 2 heterocycles. The van der Waals surface area contributed by atoms with Crippen molar-refractivity contribution in [2.45, 2.75) is 24.7 Å². The highest BCUT2D eigenvalue weighted by molar-refractivity contribution is 7.92. The second-order valence-electron chi connectivity index (χ2n) is 6.40. The van der Waals surface area contributed by atoms with Crippen LogP contribution >= 0.6 is 0 Å². The number of aromatic nitrogens is 3. The van der Waals surface area contributed by atoms with Gasteiger partial charge in [-0.1, -0.05) is 24.3 Å². The van der Waals surface area contributed by atoms with E-state index in [-0.39, 0.29) is 29.4 Å². The van der Waals surface area contributed by atoms with Crippen molar-refractivity contribution in [1.29, 1.82) is 0 Å². The first kappa shape index (κ1) is 21.2. The maximum absolute atomic E-state index is 13.2. The highest BCUT2D eigenvalue weighted by Gasteiger charge is 2.23. The third kappa shape index (κ3) is 4.71. The summed E-state index contributed by atoms with van der Waals surface area (Å²) < 4.78 is 33.8. The number of carbonyl (C=O) groups is 1. The number of anilines is 1. The van der Waals surface area contributed by atoms with E-state index >= 15 is 0 Å². The third-order valence-electron chi connectivity index (χ3n) is 4.28. The lowest BCUT2D eigenvalue weighted by Crippen LogP contribution is -2.17. The van der Waals surface area contributed by atoms with E-state index in [0.717, 1.165) is 5.56 Å². The molecule has 0 aliphatic heterocycles. The molecule has 0 saturated carbocycles. The smallest absolute Gasteiger partial charge is 0.303 e. The Morgan fingerprint density at radius 1 is 1.17 bits per heavy atom. The quantitative estimate of drug-likeness (QED) is 0.560. The minimum Gasteiger partial charge on any atom is -0.481 e. The van der Waals surface area contributed by atoms with Gasteiger partial charge in [-0.2, -0.15) is 0 Å². The summed E-state index contributed by atoms with van der Waals surface area (Å²) >= 11 is 0. The van der Waals surface area contributed by atoms with E-state index in [9.17, 15) is 13.2 Å². The lowest BCUT2D eigenvalue weighted by molar-refractivity contribution is -0.136. The Labute approximate surface area is 173 Å². The topological polar surface area (TPSA) is 131 Å². The van der Waals surface area contributed by atoms with Crippen LogP contribution in [0.1, 0.15) is 17.7 Å². The highest BCUT2D eigenvalue weighted by Crippen LogP contribution is 2.32. The molecule has 0 atom stereocenters. The Morgan fingerprint density at radius 2 is 1.93 bits per heavy atom. The maximum Gasteiger partial charge on any atom is 0.303 e. The maximum atomic E-state index is 13.2. The van der Waals surface area contributed by atoms with E-state index in [1.807, 2.05) is 0 Å². The van der Waals surface area contributed by atoms with Crippen molar-refractivity contribution in [3.63, 3.8) is 0 Å². The Bertz CT molecular complexity index is 1180. The van der Waals surface area contributed by atoms with Gasteiger partial charge in [0.2, 0.25) is 5.82 Å². The van der Waals surface area contributed by atoms with Crippen molar-refractivity contribution >= 4 is 21.8 Å². The van der Waals surface area contributed by atoms with Gasteiger partial charge in [-0.3, -0.25) is 14.5 Å². The number of carboxylic acid groups (broad SMARTS) is 1. The molecule has 0 aliphatic rings. The standard InChI is InChI=1S/C20H20N4O5S/c1-13-11-22-19(20(23-13)29-2)24-30(27,28)17-12-21-10-9-16(17)15-6-4-3-5-14(15)7-8-18(25)26/h3-6,9-12H,7-8H2,1-2H3,(H,22,24)(H,25,26). The lowest BCUT2D eigenvalue weighted by Gasteiger charge is -2.15. The summed E-state index contributed by atoms with van der Waals surface area (Å²) in [5, 5.41) is 9.01. The molecule has 0 aliphatic carbocycles. The second kappa shape index (κ2) is 8.87. The van der Waals surface area contributed by atoms with Gasteiger partial charge in [-0.25, -0.2) is 18.4 Å². The highest BCUT2D eigenvalue weighted by atomic mass is 32.2. The minimum atomic E-state index is -4.10. The lowest BCUT2D eigenvalue weighted by atomic mass is 9.97. The molecule has 3 rings (SSSR count). The number of hydrogen-bond acceptors (Lipinski definition) is 7. The van der Waals surface area contributed by atoms with E-state index in [4.69, 9.17) is 9.84 Å². The molecule has 0 radical (unpaired) electrons. The molecule has 0 fully saturated rings. The zero-order chi connectivity index (χ0) is 21.7. The summed E-state index contributed by atoms with van der Waals surface area (Å²) in [7, 11) is -2.73. The summed E-state index contributed by atoms with van der Waals surface area (Å²) in [4.78, 5) is 23.1. The Kier molecular flexibility index (Phi) is 6.26. The predicted molar refractivity (Wildman–Crippen MR) is 110 cm³/mol. The average molecular weight is 428 g/mol. The van der Waals surface area contributed by atoms with Gasteiger partial charge in [0, 0.05) is 24.4 Å². The number of nitrogens with zero attached hydrogens (tertiary/aromatic N) is 3. The number of hydrogen-bond donors (Lipinski definition) is 2. The molecule has 10 heteroatoms. The second-order valence-corrected chi connectivity index (χ2v) is 8.05. The van der Waals surface area contributed by atoms with Crippen LogP contribution in [0.3, 0.4) is 0 Å². The number of benzene rings is 1. The van der Waals surface area contributed by atoms with Crippen LogP contribution in [0.4, 0.5) is 5.82 Å². The largest absolute Gasteiger partial charge is 0.481 e. The first-order valence-corrected chi connectivity index (χ1v) is 10.4. The van der Waals surface area contributed by atoms with Gasteiger partial charge in [-0.05, 0) is 30.5 Å². The van der Waals surface area contributed by atoms with E-state index in [1.165, 1.54) is 25.7 Å². The molecular formula is C20H20N4O5S. The zero-order valence-electron chi connectivity index (χ0n) is 16.4. The molecule has 0 spiro atoms. The first-order chi connectivity index (χ1) is 14.3. The molecule has 0 amide bonds. The molecule has 156 valence electrons. The van der Waals surface area contributed by atoms with Crippen LogP contribution in [0.2, 0.25) is 0 Å². The zero-order valence-corrected chi connectivity index (χ0v) is 17.2. The van der Waals surface area contributed by atoms with E-state index in [1.54, 1.807) is 37.3 Å². The molecule has 0 unspecified atom stereocenters. The summed E-state index contributed by atoms with van der Waals surface area (Å²) in [6.45, 7) is 1.71. The normalized spacial score (nSPS) is 11.1. The molecule has 2 N–H and O–H groups in total. The van der Waals surface area contributed by atoms with Gasteiger partial charge in [0.25, 0.3) is 15.9 Å². The first-order valence-electron chi connectivity index (χ1n) is 8.96. The summed E-state index contributed by atoms with van der Waals surface area (Å²) in [5.41, 5.74) is 2.31. The van der Waals surface area contributed by atoms with Crippen molar-refractivity contribution in [2.75, 3.05) is 11.8 Å². The van der Waals surface area contributed by atoms with Crippen molar-refractivity contribution in [1.82, 2.24) is 15.0 Å². The van der Waals surface area contributed by atoms with Crippen LogP contribution in [0.15, 0.2) is 53.8 Å². The summed E-state index contributed by atoms with van der Waals surface area (Å²) in [6, 6.07) is 8.64. The van der Waals surface area contributed by atoms with Gasteiger partial charge in [0.15, 0.2) is 0 Å². The monoisotopic (exact) mass is 428 g/mol. The summed E-state index contributed by atoms with van der Waals surface area (Å²) in [5.74, 6) is -0.929. The van der Waals surface area contributed by atoms with Crippen molar-refractivity contribution in [2.24, 2.45) is 0 Å². The fraction of sp³-hybridized carbons (Fsp3) is 0.200. The molecular weight excluding hydrogens is 408 g/mol. The van der Waals surface area contributed by atoms with E-state index in [0.29, 0.717) is 16.8 Å². The van der Waals surface area contributed by atoms with E-state index < -0.39 is 16.0 Å². The molecule has 30 heavy (non-hydrogen) atoms. The van der Waals surface area contributed by atoms with Gasteiger partial charge in [-0.15, -0.1) is 0 Å².